The SMILES string of the molecule is CCSc1ccc(C(=O)N2CCC(Oc3nc4c(F)cc(F)cc4s3)CC2)cc1. The third-order valence-electron chi connectivity index (χ3n) is 4.80. The molecule has 4 nitrogen and oxygen atoms in total. The highest BCUT2D eigenvalue weighted by Gasteiger charge is 2.25. The summed E-state index contributed by atoms with van der Waals surface area (Å²) in [5, 5.41) is 0.332. The van der Waals surface area contributed by atoms with Crippen LogP contribution in [0.1, 0.15) is 30.1 Å². The molecule has 0 aliphatic carbocycles. The Morgan fingerprint density at radius 2 is 1.97 bits per heavy atom. The van der Waals surface area contributed by atoms with Crippen LogP contribution in [-0.4, -0.2) is 40.7 Å². The molecule has 1 aliphatic rings. The van der Waals surface area contributed by atoms with E-state index in [1.165, 1.54) is 6.07 Å². The van der Waals surface area contributed by atoms with E-state index in [-0.39, 0.29) is 17.5 Å². The number of hydrogen-bond donors (Lipinski definition) is 0. The number of fused-ring (bicyclic) bond motifs is 1. The average Bonchev–Trinajstić information content (AvgIpc) is 3.11. The van der Waals surface area contributed by atoms with Crippen molar-refractivity contribution in [3.05, 3.63) is 53.6 Å². The van der Waals surface area contributed by atoms with E-state index in [1.807, 2.05) is 29.2 Å². The second kappa shape index (κ2) is 8.67. The molecule has 0 bridgehead atoms. The van der Waals surface area contributed by atoms with E-state index < -0.39 is 11.6 Å². The van der Waals surface area contributed by atoms with Gasteiger partial charge in [0.1, 0.15) is 17.4 Å². The molecule has 4 rings (SSSR count). The lowest BCUT2D eigenvalue weighted by Crippen LogP contribution is -2.41. The predicted octanol–water partition coefficient (Wildman–Crippen LogP) is 5.37. The first-order chi connectivity index (χ1) is 14.0. The highest BCUT2D eigenvalue weighted by atomic mass is 32.2. The Morgan fingerprint density at radius 3 is 2.66 bits per heavy atom. The summed E-state index contributed by atoms with van der Waals surface area (Å²) in [5.74, 6) is -0.293. The molecule has 1 amide bonds. The molecule has 0 unspecified atom stereocenters. The van der Waals surface area contributed by atoms with Crippen molar-refractivity contribution in [3.8, 4) is 5.19 Å². The summed E-state index contributed by atoms with van der Waals surface area (Å²) in [7, 11) is 0. The Hall–Kier alpha value is -2.19. The molecule has 2 heterocycles. The number of benzene rings is 2. The van der Waals surface area contributed by atoms with Crippen LogP contribution in [0.25, 0.3) is 10.2 Å². The molecular weight excluding hydrogens is 414 g/mol. The fourth-order valence-electron chi connectivity index (χ4n) is 3.35. The number of carbonyl (C=O) groups excluding carboxylic acids is 1. The Morgan fingerprint density at radius 1 is 1.24 bits per heavy atom. The fraction of sp³-hybridized carbons (Fsp3) is 0.333. The van der Waals surface area contributed by atoms with Crippen LogP contribution in [0.3, 0.4) is 0 Å². The standard InChI is InChI=1S/C21H20F2N2O2S2/c1-2-28-16-5-3-13(4-6-16)20(26)25-9-7-15(8-10-25)27-21-24-19-17(23)11-14(22)12-18(19)29-21/h3-6,11-12,15H,2,7-10H2,1H3. The normalized spacial score (nSPS) is 15.1. The van der Waals surface area contributed by atoms with Crippen molar-refractivity contribution in [1.29, 1.82) is 0 Å². The number of carbonyl (C=O) groups is 1. The summed E-state index contributed by atoms with van der Waals surface area (Å²) >= 11 is 2.88. The number of hydrogen-bond acceptors (Lipinski definition) is 5. The number of thiazole rings is 1. The van der Waals surface area contributed by atoms with E-state index in [9.17, 15) is 13.6 Å². The first kappa shape index (κ1) is 20.1. The van der Waals surface area contributed by atoms with Crippen LogP contribution in [0.2, 0.25) is 0 Å². The third-order valence-corrected chi connectivity index (χ3v) is 6.59. The zero-order chi connectivity index (χ0) is 20.4. The van der Waals surface area contributed by atoms with E-state index >= 15 is 0 Å². The van der Waals surface area contributed by atoms with Crippen molar-refractivity contribution in [2.45, 2.75) is 30.8 Å². The largest absolute Gasteiger partial charge is 0.467 e. The molecule has 0 atom stereocenters. The monoisotopic (exact) mass is 434 g/mol. The number of likely N-dealkylation sites (tertiary alicyclic amines) is 1. The van der Waals surface area contributed by atoms with Crippen molar-refractivity contribution in [1.82, 2.24) is 9.88 Å². The quantitative estimate of drug-likeness (QED) is 0.507. The van der Waals surface area contributed by atoms with Crippen LogP contribution in [0, 0.1) is 11.6 Å². The Kier molecular flexibility index (Phi) is 6.01. The van der Waals surface area contributed by atoms with Gasteiger partial charge < -0.3 is 9.64 Å². The molecule has 0 radical (unpaired) electrons. The van der Waals surface area contributed by atoms with Crippen LogP contribution >= 0.6 is 23.1 Å². The van der Waals surface area contributed by atoms with Crippen molar-refractivity contribution in [3.63, 3.8) is 0 Å². The number of aromatic nitrogens is 1. The Balaban J connectivity index is 1.35. The van der Waals surface area contributed by atoms with Gasteiger partial charge in [-0.05, 0) is 36.1 Å². The highest BCUT2D eigenvalue weighted by Crippen LogP contribution is 2.32. The van der Waals surface area contributed by atoms with Gasteiger partial charge in [-0.3, -0.25) is 4.79 Å². The van der Waals surface area contributed by atoms with Gasteiger partial charge in [0.25, 0.3) is 11.1 Å². The number of piperidine rings is 1. The van der Waals surface area contributed by atoms with Crippen LogP contribution in [-0.2, 0) is 0 Å². The topological polar surface area (TPSA) is 42.4 Å². The first-order valence-electron chi connectivity index (χ1n) is 9.48. The fourth-order valence-corrected chi connectivity index (χ4v) is 4.93. The summed E-state index contributed by atoms with van der Waals surface area (Å²) < 4.78 is 33.5. The summed E-state index contributed by atoms with van der Waals surface area (Å²) in [6.07, 6.45) is 1.24. The van der Waals surface area contributed by atoms with E-state index in [0.29, 0.717) is 41.4 Å². The summed E-state index contributed by atoms with van der Waals surface area (Å²) in [5.41, 5.74) is 0.817. The maximum absolute atomic E-state index is 13.8. The molecule has 0 saturated carbocycles. The minimum atomic E-state index is -0.685. The van der Waals surface area contributed by atoms with Crippen molar-refractivity contribution >= 4 is 39.2 Å². The zero-order valence-electron chi connectivity index (χ0n) is 15.9. The summed E-state index contributed by atoms with van der Waals surface area (Å²) in [6.45, 7) is 3.27. The summed E-state index contributed by atoms with van der Waals surface area (Å²) in [6, 6.07) is 9.78. The van der Waals surface area contributed by atoms with E-state index in [4.69, 9.17) is 4.74 Å². The van der Waals surface area contributed by atoms with Gasteiger partial charge >= 0.3 is 0 Å². The maximum atomic E-state index is 13.8. The Bertz CT molecular complexity index is 1020. The number of halogens is 2. The van der Waals surface area contributed by atoms with Crippen molar-refractivity contribution < 1.29 is 18.3 Å². The highest BCUT2D eigenvalue weighted by molar-refractivity contribution is 7.99. The smallest absolute Gasteiger partial charge is 0.274 e. The maximum Gasteiger partial charge on any atom is 0.274 e. The van der Waals surface area contributed by atoms with Crippen molar-refractivity contribution in [2.75, 3.05) is 18.8 Å². The molecule has 1 saturated heterocycles. The number of ether oxygens (including phenoxy) is 1. The van der Waals surface area contributed by atoms with Gasteiger partial charge in [0.05, 0.1) is 4.70 Å². The lowest BCUT2D eigenvalue weighted by atomic mass is 10.1. The van der Waals surface area contributed by atoms with Gasteiger partial charge in [0, 0.05) is 42.5 Å². The van der Waals surface area contributed by atoms with Gasteiger partial charge in [0.15, 0.2) is 5.82 Å². The zero-order valence-corrected chi connectivity index (χ0v) is 17.5. The van der Waals surface area contributed by atoms with E-state index in [0.717, 1.165) is 28.1 Å². The molecule has 3 aromatic rings. The first-order valence-corrected chi connectivity index (χ1v) is 11.3. The van der Waals surface area contributed by atoms with E-state index in [1.54, 1.807) is 11.8 Å². The van der Waals surface area contributed by atoms with Crippen LogP contribution in [0.15, 0.2) is 41.3 Å². The molecule has 29 heavy (non-hydrogen) atoms. The van der Waals surface area contributed by atoms with Crippen LogP contribution in [0.5, 0.6) is 5.19 Å². The second-order valence-corrected chi connectivity index (χ2v) is 9.11. The predicted molar refractivity (Wildman–Crippen MR) is 112 cm³/mol. The third kappa shape index (κ3) is 4.53. The molecule has 1 fully saturated rings. The molecule has 0 spiro atoms. The lowest BCUT2D eigenvalue weighted by molar-refractivity contribution is 0.0595. The van der Waals surface area contributed by atoms with Crippen LogP contribution in [0.4, 0.5) is 8.78 Å². The van der Waals surface area contributed by atoms with Crippen LogP contribution < -0.4 is 4.74 Å². The lowest BCUT2D eigenvalue weighted by Gasteiger charge is -2.31. The Labute approximate surface area is 175 Å². The number of thioether (sulfide) groups is 1. The van der Waals surface area contributed by atoms with Gasteiger partial charge in [-0.25, -0.2) is 8.78 Å². The molecular formula is C21H20F2N2O2S2. The molecule has 152 valence electrons. The number of amides is 1. The van der Waals surface area contributed by atoms with Gasteiger partial charge in [-0.2, -0.15) is 4.98 Å². The molecule has 1 aliphatic heterocycles. The molecule has 0 N–H and O–H groups in total. The molecule has 8 heteroatoms. The van der Waals surface area contributed by atoms with Crippen molar-refractivity contribution in [2.24, 2.45) is 0 Å². The average molecular weight is 435 g/mol. The minimum Gasteiger partial charge on any atom is -0.467 e. The summed E-state index contributed by atoms with van der Waals surface area (Å²) in [4.78, 5) is 19.8. The van der Waals surface area contributed by atoms with Gasteiger partial charge in [-0.1, -0.05) is 18.3 Å². The minimum absolute atomic E-state index is 0.0223. The van der Waals surface area contributed by atoms with Gasteiger partial charge in [-0.15, -0.1) is 11.8 Å². The number of rotatable bonds is 5. The second-order valence-electron chi connectivity index (χ2n) is 6.78. The van der Waals surface area contributed by atoms with E-state index in [2.05, 4.69) is 11.9 Å². The van der Waals surface area contributed by atoms with Gasteiger partial charge in [0.2, 0.25) is 0 Å². The molecule has 2 aromatic carbocycles. The number of nitrogens with zero attached hydrogens (tertiary/aromatic N) is 2. The molecule has 1 aromatic heterocycles.